The summed E-state index contributed by atoms with van der Waals surface area (Å²) in [4.78, 5) is 24.7. The first kappa shape index (κ1) is 22.6. The summed E-state index contributed by atoms with van der Waals surface area (Å²) in [5.41, 5.74) is 5.38. The Morgan fingerprint density at radius 2 is 1.25 bits per heavy atom. The third-order valence-electron chi connectivity index (χ3n) is 4.36. The standard InChI is InChI=1S/C22H21N3O6S/c1-30-18-12-16(13-19(14-18)31-2)22(27)24-23-21(26)15-8-10-20(11-9-15)32(28,29)25-17-6-4-3-5-7-17/h3-14,25H,1-2H3,(H,23,26)(H,24,27). The first-order valence-electron chi connectivity index (χ1n) is 9.34. The number of carbonyl (C=O) groups excluding carboxylic acids is 2. The summed E-state index contributed by atoms with van der Waals surface area (Å²) in [6.45, 7) is 0. The molecule has 0 aliphatic carbocycles. The number of benzene rings is 3. The van der Waals surface area contributed by atoms with Gasteiger partial charge in [-0.15, -0.1) is 0 Å². The molecule has 0 aliphatic rings. The maximum absolute atomic E-state index is 12.5. The second-order valence-corrected chi connectivity index (χ2v) is 8.19. The fraction of sp³-hybridized carbons (Fsp3) is 0.0909. The normalized spacial score (nSPS) is 10.7. The van der Waals surface area contributed by atoms with Crippen LogP contribution < -0.4 is 25.0 Å². The zero-order valence-corrected chi connectivity index (χ0v) is 18.1. The lowest BCUT2D eigenvalue weighted by atomic mass is 10.2. The van der Waals surface area contributed by atoms with Gasteiger partial charge in [0.15, 0.2) is 0 Å². The molecule has 3 aromatic carbocycles. The largest absolute Gasteiger partial charge is 0.497 e. The molecule has 0 spiro atoms. The van der Waals surface area contributed by atoms with Crippen LogP contribution in [0.2, 0.25) is 0 Å². The van der Waals surface area contributed by atoms with Gasteiger partial charge in [-0.3, -0.25) is 25.2 Å². The molecule has 166 valence electrons. The number of anilines is 1. The summed E-state index contributed by atoms with van der Waals surface area (Å²) in [5, 5.41) is 0. The lowest BCUT2D eigenvalue weighted by molar-refractivity contribution is 0.0846. The predicted octanol–water partition coefficient (Wildman–Crippen LogP) is 2.58. The fourth-order valence-corrected chi connectivity index (χ4v) is 3.76. The van der Waals surface area contributed by atoms with Crippen LogP contribution in [0.25, 0.3) is 0 Å². The van der Waals surface area contributed by atoms with Crippen LogP contribution in [0.5, 0.6) is 11.5 Å². The number of para-hydroxylation sites is 1. The molecule has 3 aromatic rings. The van der Waals surface area contributed by atoms with Crippen molar-refractivity contribution < 1.29 is 27.5 Å². The number of hydrazine groups is 1. The van der Waals surface area contributed by atoms with E-state index in [9.17, 15) is 18.0 Å². The first-order chi connectivity index (χ1) is 15.3. The summed E-state index contributed by atoms with van der Waals surface area (Å²) in [7, 11) is -0.894. The number of rotatable bonds is 7. The summed E-state index contributed by atoms with van der Waals surface area (Å²) in [5.74, 6) is -0.363. The molecule has 10 heteroatoms. The molecule has 0 aromatic heterocycles. The van der Waals surface area contributed by atoms with Gasteiger partial charge >= 0.3 is 0 Å². The Labute approximate surface area is 185 Å². The van der Waals surface area contributed by atoms with Crippen molar-refractivity contribution in [1.82, 2.24) is 10.9 Å². The molecular formula is C22H21N3O6S. The molecule has 32 heavy (non-hydrogen) atoms. The minimum absolute atomic E-state index is 0.00888. The molecule has 0 radical (unpaired) electrons. The molecule has 0 aliphatic heterocycles. The van der Waals surface area contributed by atoms with Crippen LogP contribution in [-0.2, 0) is 10.0 Å². The maximum atomic E-state index is 12.5. The van der Waals surface area contributed by atoms with Crippen molar-refractivity contribution in [2.24, 2.45) is 0 Å². The van der Waals surface area contributed by atoms with Gasteiger partial charge in [-0.1, -0.05) is 18.2 Å². The number of ether oxygens (including phenoxy) is 2. The fourth-order valence-electron chi connectivity index (χ4n) is 2.70. The van der Waals surface area contributed by atoms with Gasteiger partial charge < -0.3 is 9.47 Å². The molecule has 0 atom stereocenters. The highest BCUT2D eigenvalue weighted by atomic mass is 32.2. The SMILES string of the molecule is COc1cc(OC)cc(C(=O)NNC(=O)c2ccc(S(=O)(=O)Nc3ccccc3)cc2)c1. The Morgan fingerprint density at radius 3 is 1.78 bits per heavy atom. The van der Waals surface area contributed by atoms with Crippen molar-refractivity contribution in [3.8, 4) is 11.5 Å². The Bertz CT molecular complexity index is 1190. The van der Waals surface area contributed by atoms with E-state index in [2.05, 4.69) is 15.6 Å². The number of amides is 2. The molecular weight excluding hydrogens is 434 g/mol. The Hall–Kier alpha value is -4.05. The van der Waals surface area contributed by atoms with E-state index < -0.39 is 21.8 Å². The van der Waals surface area contributed by atoms with E-state index in [1.807, 2.05) is 0 Å². The smallest absolute Gasteiger partial charge is 0.269 e. The van der Waals surface area contributed by atoms with Gasteiger partial charge in [-0.2, -0.15) is 0 Å². The van der Waals surface area contributed by atoms with Gasteiger partial charge in [0.25, 0.3) is 21.8 Å². The topological polar surface area (TPSA) is 123 Å². The van der Waals surface area contributed by atoms with Crippen LogP contribution in [-0.4, -0.2) is 34.5 Å². The molecule has 0 fully saturated rings. The van der Waals surface area contributed by atoms with Crippen LogP contribution in [0.1, 0.15) is 20.7 Å². The number of hydrogen-bond donors (Lipinski definition) is 3. The number of hydrogen-bond acceptors (Lipinski definition) is 6. The van der Waals surface area contributed by atoms with E-state index in [4.69, 9.17) is 9.47 Å². The summed E-state index contributed by atoms with van der Waals surface area (Å²) in [6, 6.07) is 18.3. The van der Waals surface area contributed by atoms with Crippen molar-refractivity contribution in [3.05, 3.63) is 83.9 Å². The minimum Gasteiger partial charge on any atom is -0.497 e. The zero-order valence-electron chi connectivity index (χ0n) is 17.3. The molecule has 2 amide bonds. The van der Waals surface area contributed by atoms with Crippen molar-refractivity contribution in [3.63, 3.8) is 0 Å². The zero-order chi connectivity index (χ0) is 23.1. The number of sulfonamides is 1. The van der Waals surface area contributed by atoms with Crippen LogP contribution >= 0.6 is 0 Å². The average molecular weight is 455 g/mol. The number of carbonyl (C=O) groups is 2. The van der Waals surface area contributed by atoms with E-state index in [1.54, 1.807) is 36.4 Å². The average Bonchev–Trinajstić information content (AvgIpc) is 2.82. The van der Waals surface area contributed by atoms with E-state index in [1.165, 1.54) is 50.6 Å². The van der Waals surface area contributed by atoms with E-state index >= 15 is 0 Å². The summed E-state index contributed by atoms with van der Waals surface area (Å²) in [6.07, 6.45) is 0. The van der Waals surface area contributed by atoms with Gasteiger partial charge in [0.05, 0.1) is 19.1 Å². The van der Waals surface area contributed by atoms with E-state index in [0.29, 0.717) is 17.2 Å². The molecule has 0 saturated heterocycles. The van der Waals surface area contributed by atoms with E-state index in [-0.39, 0.29) is 16.0 Å². The third-order valence-corrected chi connectivity index (χ3v) is 5.75. The molecule has 0 heterocycles. The van der Waals surface area contributed by atoms with Crippen LogP contribution in [0, 0.1) is 0 Å². The Kier molecular flexibility index (Phi) is 6.96. The van der Waals surface area contributed by atoms with Gasteiger partial charge in [0, 0.05) is 22.9 Å². The van der Waals surface area contributed by atoms with Crippen molar-refractivity contribution in [1.29, 1.82) is 0 Å². The lowest BCUT2D eigenvalue weighted by Gasteiger charge is -2.11. The second kappa shape index (κ2) is 9.84. The highest BCUT2D eigenvalue weighted by molar-refractivity contribution is 7.92. The molecule has 9 nitrogen and oxygen atoms in total. The highest BCUT2D eigenvalue weighted by Crippen LogP contribution is 2.22. The van der Waals surface area contributed by atoms with Crippen LogP contribution in [0.4, 0.5) is 5.69 Å². The van der Waals surface area contributed by atoms with Crippen molar-refractivity contribution in [2.75, 3.05) is 18.9 Å². The van der Waals surface area contributed by atoms with Gasteiger partial charge in [-0.25, -0.2) is 8.42 Å². The maximum Gasteiger partial charge on any atom is 0.269 e. The van der Waals surface area contributed by atoms with E-state index in [0.717, 1.165) is 0 Å². The van der Waals surface area contributed by atoms with Crippen molar-refractivity contribution in [2.45, 2.75) is 4.90 Å². The van der Waals surface area contributed by atoms with Crippen LogP contribution in [0.3, 0.4) is 0 Å². The monoisotopic (exact) mass is 455 g/mol. The first-order valence-corrected chi connectivity index (χ1v) is 10.8. The minimum atomic E-state index is -3.81. The summed E-state index contributed by atoms with van der Waals surface area (Å²) >= 11 is 0. The highest BCUT2D eigenvalue weighted by Gasteiger charge is 2.16. The quantitative estimate of drug-likeness (QED) is 0.471. The molecule has 0 saturated carbocycles. The number of nitrogens with one attached hydrogen (secondary N) is 3. The molecule has 3 N–H and O–H groups in total. The lowest BCUT2D eigenvalue weighted by Crippen LogP contribution is -2.41. The third kappa shape index (κ3) is 5.55. The Balaban J connectivity index is 1.64. The van der Waals surface area contributed by atoms with Crippen LogP contribution in [0.15, 0.2) is 77.7 Å². The molecule has 3 rings (SSSR count). The van der Waals surface area contributed by atoms with Gasteiger partial charge in [0.1, 0.15) is 11.5 Å². The van der Waals surface area contributed by atoms with Crippen molar-refractivity contribution >= 4 is 27.5 Å². The molecule has 0 unspecified atom stereocenters. The summed E-state index contributed by atoms with van der Waals surface area (Å²) < 4.78 is 37.6. The Morgan fingerprint density at radius 1 is 0.719 bits per heavy atom. The van der Waals surface area contributed by atoms with Gasteiger partial charge in [-0.05, 0) is 48.5 Å². The predicted molar refractivity (Wildman–Crippen MR) is 118 cm³/mol. The molecule has 0 bridgehead atoms. The number of methoxy groups -OCH3 is 2. The second-order valence-electron chi connectivity index (χ2n) is 6.51. The van der Waals surface area contributed by atoms with Gasteiger partial charge in [0.2, 0.25) is 0 Å².